The molecule has 1 N–H and O–H groups in total. The molecule has 0 aliphatic carbocycles. The Balaban J connectivity index is 2.36. The Bertz CT molecular complexity index is 322. The summed E-state index contributed by atoms with van der Waals surface area (Å²) in [7, 11) is 3.90. The van der Waals surface area contributed by atoms with Crippen LogP contribution in [0.4, 0.5) is 18.3 Å². The highest BCUT2D eigenvalue weighted by atomic mass is 32.1. The second-order valence-electron chi connectivity index (χ2n) is 3.62. The number of nitrogens with one attached hydrogen (secondary N) is 1. The Kier molecular flexibility index (Phi) is 4.55. The molecule has 0 saturated carbocycles. The lowest BCUT2D eigenvalue weighted by atomic mass is 10.4. The maximum Gasteiger partial charge on any atom is 0.434 e. The number of alkyl halides is 3. The zero-order valence-corrected chi connectivity index (χ0v) is 9.95. The van der Waals surface area contributed by atoms with Crippen molar-refractivity contribution in [2.75, 3.05) is 32.5 Å². The number of aromatic nitrogens is 1. The number of nitrogens with zero attached hydrogens (tertiary/aromatic N) is 2. The number of hydrogen-bond acceptors (Lipinski definition) is 4. The number of hydrogen-bond donors (Lipinski definition) is 1. The number of rotatable bonds is 5. The molecule has 0 spiro atoms. The van der Waals surface area contributed by atoms with Crippen molar-refractivity contribution in [2.45, 2.75) is 12.6 Å². The molecule has 0 unspecified atom stereocenters. The number of thiazole rings is 1. The van der Waals surface area contributed by atoms with Crippen molar-refractivity contribution in [1.29, 1.82) is 0 Å². The molecule has 0 bridgehead atoms. The summed E-state index contributed by atoms with van der Waals surface area (Å²) in [6.07, 6.45) is -3.48. The molecule has 0 aliphatic rings. The van der Waals surface area contributed by atoms with Crippen LogP contribution in [-0.2, 0) is 6.18 Å². The average Bonchev–Trinajstić information content (AvgIpc) is 2.59. The summed E-state index contributed by atoms with van der Waals surface area (Å²) in [4.78, 5) is 5.49. The molecule has 0 atom stereocenters. The molecule has 0 fully saturated rings. The van der Waals surface area contributed by atoms with E-state index in [4.69, 9.17) is 0 Å². The highest BCUT2D eigenvalue weighted by molar-refractivity contribution is 7.13. The van der Waals surface area contributed by atoms with Crippen molar-refractivity contribution < 1.29 is 13.2 Å². The minimum atomic E-state index is -4.35. The summed E-state index contributed by atoms with van der Waals surface area (Å²) in [5.74, 6) is 0. The smallest absolute Gasteiger partial charge is 0.361 e. The molecule has 0 aliphatic heterocycles. The van der Waals surface area contributed by atoms with Crippen LogP contribution < -0.4 is 5.32 Å². The summed E-state index contributed by atoms with van der Waals surface area (Å²) in [6.45, 7) is 1.52. The fourth-order valence-corrected chi connectivity index (χ4v) is 1.82. The van der Waals surface area contributed by atoms with E-state index in [0.717, 1.165) is 29.7 Å². The second kappa shape index (κ2) is 5.49. The van der Waals surface area contributed by atoms with Crippen LogP contribution in [-0.4, -0.2) is 37.1 Å². The summed E-state index contributed by atoms with van der Waals surface area (Å²) < 4.78 is 36.6. The summed E-state index contributed by atoms with van der Waals surface area (Å²) in [5.41, 5.74) is -0.826. The van der Waals surface area contributed by atoms with Crippen LogP contribution >= 0.6 is 11.3 Å². The SMILES string of the molecule is CN(C)CCCNc1nc(C(F)(F)F)cs1. The summed E-state index contributed by atoms with van der Waals surface area (Å²) in [6, 6.07) is 0. The minimum Gasteiger partial charge on any atom is -0.361 e. The van der Waals surface area contributed by atoms with E-state index in [2.05, 4.69) is 10.3 Å². The van der Waals surface area contributed by atoms with Gasteiger partial charge in [-0.2, -0.15) is 13.2 Å². The van der Waals surface area contributed by atoms with Crippen molar-refractivity contribution in [3.63, 3.8) is 0 Å². The van der Waals surface area contributed by atoms with Crippen LogP contribution in [0.5, 0.6) is 0 Å². The molecule has 0 radical (unpaired) electrons. The van der Waals surface area contributed by atoms with E-state index in [9.17, 15) is 13.2 Å². The largest absolute Gasteiger partial charge is 0.434 e. The van der Waals surface area contributed by atoms with Crippen LogP contribution in [0.3, 0.4) is 0 Å². The highest BCUT2D eigenvalue weighted by Crippen LogP contribution is 2.31. The van der Waals surface area contributed by atoms with E-state index in [1.54, 1.807) is 0 Å². The molecule has 0 amide bonds. The first-order valence-electron chi connectivity index (χ1n) is 4.81. The lowest BCUT2D eigenvalue weighted by Gasteiger charge is -2.08. The molecule has 1 aromatic heterocycles. The van der Waals surface area contributed by atoms with Gasteiger partial charge in [-0.25, -0.2) is 4.98 Å². The van der Waals surface area contributed by atoms with Crippen molar-refractivity contribution in [2.24, 2.45) is 0 Å². The van der Waals surface area contributed by atoms with Gasteiger partial charge in [-0.05, 0) is 27.1 Å². The van der Waals surface area contributed by atoms with E-state index < -0.39 is 11.9 Å². The summed E-state index contributed by atoms with van der Waals surface area (Å²) >= 11 is 0.979. The van der Waals surface area contributed by atoms with Crippen molar-refractivity contribution in [3.8, 4) is 0 Å². The van der Waals surface area contributed by atoms with Gasteiger partial charge in [-0.1, -0.05) is 0 Å². The van der Waals surface area contributed by atoms with E-state index in [0.29, 0.717) is 11.7 Å². The molecule has 1 aromatic rings. The first kappa shape index (κ1) is 13.2. The average molecular weight is 253 g/mol. The van der Waals surface area contributed by atoms with E-state index in [1.165, 1.54) is 0 Å². The van der Waals surface area contributed by atoms with Crippen LogP contribution in [0.15, 0.2) is 5.38 Å². The van der Waals surface area contributed by atoms with Gasteiger partial charge < -0.3 is 10.2 Å². The molecular weight excluding hydrogens is 239 g/mol. The maximum atomic E-state index is 12.2. The lowest BCUT2D eigenvalue weighted by Crippen LogP contribution is -2.16. The topological polar surface area (TPSA) is 28.2 Å². The van der Waals surface area contributed by atoms with Gasteiger partial charge in [0.05, 0.1) is 0 Å². The Morgan fingerprint density at radius 3 is 2.62 bits per heavy atom. The first-order chi connectivity index (χ1) is 7.39. The van der Waals surface area contributed by atoms with Gasteiger partial charge in [-0.15, -0.1) is 11.3 Å². The van der Waals surface area contributed by atoms with Gasteiger partial charge in [-0.3, -0.25) is 0 Å². The molecule has 16 heavy (non-hydrogen) atoms. The molecule has 3 nitrogen and oxygen atoms in total. The third kappa shape index (κ3) is 4.36. The fourth-order valence-electron chi connectivity index (χ4n) is 1.08. The van der Waals surface area contributed by atoms with E-state index in [1.807, 2.05) is 19.0 Å². The van der Waals surface area contributed by atoms with Gasteiger partial charge in [0.2, 0.25) is 0 Å². The molecule has 0 aromatic carbocycles. The van der Waals surface area contributed by atoms with Crippen molar-refractivity contribution >= 4 is 16.5 Å². The Morgan fingerprint density at radius 2 is 2.12 bits per heavy atom. The Hall–Kier alpha value is -0.820. The fraction of sp³-hybridized carbons (Fsp3) is 0.667. The van der Waals surface area contributed by atoms with E-state index >= 15 is 0 Å². The quantitative estimate of drug-likeness (QED) is 0.817. The zero-order valence-electron chi connectivity index (χ0n) is 9.14. The van der Waals surface area contributed by atoms with Gasteiger partial charge in [0.1, 0.15) is 0 Å². The van der Waals surface area contributed by atoms with Crippen LogP contribution in [0.25, 0.3) is 0 Å². The maximum absolute atomic E-state index is 12.2. The normalized spacial score (nSPS) is 12.1. The van der Waals surface area contributed by atoms with Crippen LogP contribution in [0.1, 0.15) is 12.1 Å². The van der Waals surface area contributed by atoms with Gasteiger partial charge in [0.15, 0.2) is 10.8 Å². The molecular formula is C9H14F3N3S. The molecule has 1 heterocycles. The van der Waals surface area contributed by atoms with Gasteiger partial charge in [0.25, 0.3) is 0 Å². The third-order valence-electron chi connectivity index (χ3n) is 1.85. The molecule has 7 heteroatoms. The first-order valence-corrected chi connectivity index (χ1v) is 5.69. The van der Waals surface area contributed by atoms with Crippen molar-refractivity contribution in [1.82, 2.24) is 9.88 Å². The lowest BCUT2D eigenvalue weighted by molar-refractivity contribution is -0.140. The number of halogens is 3. The van der Waals surface area contributed by atoms with Crippen molar-refractivity contribution in [3.05, 3.63) is 11.1 Å². The monoisotopic (exact) mass is 253 g/mol. The van der Waals surface area contributed by atoms with Gasteiger partial charge in [0, 0.05) is 11.9 Å². The highest BCUT2D eigenvalue weighted by Gasteiger charge is 2.33. The predicted molar refractivity (Wildman–Crippen MR) is 58.8 cm³/mol. The summed E-state index contributed by atoms with van der Waals surface area (Å²) in [5, 5.41) is 4.22. The standard InChI is InChI=1S/C9H14F3N3S/c1-15(2)5-3-4-13-8-14-7(6-16-8)9(10,11)12/h6H,3-5H2,1-2H3,(H,13,14). The second-order valence-corrected chi connectivity index (χ2v) is 4.48. The number of anilines is 1. The minimum absolute atomic E-state index is 0.325. The zero-order chi connectivity index (χ0) is 12.2. The van der Waals surface area contributed by atoms with Crippen LogP contribution in [0.2, 0.25) is 0 Å². The molecule has 1 rings (SSSR count). The molecule has 0 saturated heterocycles. The van der Waals surface area contributed by atoms with Gasteiger partial charge >= 0.3 is 6.18 Å². The van der Waals surface area contributed by atoms with Crippen LogP contribution in [0, 0.1) is 0 Å². The third-order valence-corrected chi connectivity index (χ3v) is 2.65. The predicted octanol–water partition coefficient (Wildman–Crippen LogP) is 2.53. The Morgan fingerprint density at radius 1 is 1.44 bits per heavy atom. The van der Waals surface area contributed by atoms with E-state index in [-0.39, 0.29) is 0 Å². The Labute approximate surface area is 96.3 Å². The molecule has 92 valence electrons.